The van der Waals surface area contributed by atoms with Crippen molar-refractivity contribution in [3.8, 4) is 5.75 Å². The molecular formula is C29H40N6O. The number of dihydropyridines is 1. The predicted octanol–water partition coefficient (Wildman–Crippen LogP) is 3.99. The van der Waals surface area contributed by atoms with Crippen molar-refractivity contribution >= 4 is 11.7 Å². The smallest absolute Gasteiger partial charge is 0.123 e. The summed E-state index contributed by atoms with van der Waals surface area (Å²) < 4.78 is 6.35. The van der Waals surface area contributed by atoms with Gasteiger partial charge in [0.05, 0.1) is 0 Å². The van der Waals surface area contributed by atoms with Gasteiger partial charge in [0.1, 0.15) is 23.5 Å². The van der Waals surface area contributed by atoms with Gasteiger partial charge in [-0.15, -0.1) is 0 Å². The predicted molar refractivity (Wildman–Crippen MR) is 146 cm³/mol. The first-order valence-electron chi connectivity index (χ1n) is 13.4. The maximum Gasteiger partial charge on any atom is 0.123 e. The van der Waals surface area contributed by atoms with Gasteiger partial charge in [-0.3, -0.25) is 14.8 Å². The van der Waals surface area contributed by atoms with Crippen molar-refractivity contribution in [1.29, 1.82) is 0 Å². The number of hydrogen-bond donors (Lipinski definition) is 1. The first-order valence-corrected chi connectivity index (χ1v) is 13.4. The number of piperazine rings is 1. The summed E-state index contributed by atoms with van der Waals surface area (Å²) in [5.41, 5.74) is 8.45. The average Bonchev–Trinajstić information content (AvgIpc) is 2.91. The highest BCUT2D eigenvalue weighted by Gasteiger charge is 2.25. The normalized spacial score (nSPS) is 22.9. The lowest BCUT2D eigenvalue weighted by atomic mass is 10.0. The van der Waals surface area contributed by atoms with Crippen LogP contribution in [0.4, 0.5) is 5.82 Å². The Balaban J connectivity index is 1.05. The molecule has 2 aromatic rings. The second kappa shape index (κ2) is 11.4. The van der Waals surface area contributed by atoms with Gasteiger partial charge in [-0.05, 0) is 67.2 Å². The summed E-state index contributed by atoms with van der Waals surface area (Å²) in [5, 5.41) is 0. The lowest BCUT2D eigenvalue weighted by Gasteiger charge is -2.36. The van der Waals surface area contributed by atoms with Gasteiger partial charge in [0.15, 0.2) is 0 Å². The molecule has 1 aromatic carbocycles. The summed E-state index contributed by atoms with van der Waals surface area (Å²) in [4.78, 5) is 16.3. The summed E-state index contributed by atoms with van der Waals surface area (Å²) in [6.45, 7) is 12.7. The minimum Gasteiger partial charge on any atom is -0.490 e. The van der Waals surface area contributed by atoms with Crippen molar-refractivity contribution < 1.29 is 4.74 Å². The van der Waals surface area contributed by atoms with E-state index < -0.39 is 0 Å². The summed E-state index contributed by atoms with van der Waals surface area (Å²) in [5.74, 6) is 3.30. The van der Waals surface area contributed by atoms with Crippen LogP contribution in [0.5, 0.6) is 5.75 Å². The van der Waals surface area contributed by atoms with Gasteiger partial charge >= 0.3 is 0 Å². The molecule has 36 heavy (non-hydrogen) atoms. The van der Waals surface area contributed by atoms with Crippen LogP contribution in [0, 0.1) is 5.92 Å². The Morgan fingerprint density at radius 2 is 1.78 bits per heavy atom. The Bertz CT molecular complexity index is 1050. The molecule has 4 heterocycles. The third kappa shape index (κ3) is 6.26. The van der Waals surface area contributed by atoms with E-state index in [4.69, 9.17) is 15.5 Å². The van der Waals surface area contributed by atoms with E-state index in [1.807, 2.05) is 6.07 Å². The van der Waals surface area contributed by atoms with Gasteiger partial charge in [-0.1, -0.05) is 25.1 Å². The van der Waals surface area contributed by atoms with Crippen LogP contribution in [0.1, 0.15) is 43.9 Å². The molecule has 2 fully saturated rings. The van der Waals surface area contributed by atoms with Crippen molar-refractivity contribution in [1.82, 2.24) is 19.7 Å². The molecule has 192 valence electrons. The first-order chi connectivity index (χ1) is 17.5. The summed E-state index contributed by atoms with van der Waals surface area (Å²) >= 11 is 0. The van der Waals surface area contributed by atoms with Crippen LogP contribution in [-0.4, -0.2) is 77.4 Å². The van der Waals surface area contributed by atoms with Gasteiger partial charge in [0.2, 0.25) is 0 Å². The molecular weight excluding hydrogens is 448 g/mol. The molecule has 3 aliphatic rings. The highest BCUT2D eigenvalue weighted by Crippen LogP contribution is 2.27. The minimum atomic E-state index is 0.273. The van der Waals surface area contributed by atoms with Crippen LogP contribution < -0.4 is 10.5 Å². The third-order valence-corrected chi connectivity index (χ3v) is 7.76. The second-order valence-corrected chi connectivity index (χ2v) is 10.5. The minimum absolute atomic E-state index is 0.273. The number of aromatic nitrogens is 1. The number of anilines is 1. The lowest BCUT2D eigenvalue weighted by molar-refractivity contribution is 0.0797. The molecule has 0 aliphatic carbocycles. The van der Waals surface area contributed by atoms with Crippen LogP contribution in [-0.2, 0) is 6.54 Å². The summed E-state index contributed by atoms with van der Waals surface area (Å²) in [6.07, 6.45) is 8.62. The van der Waals surface area contributed by atoms with Gasteiger partial charge in [0, 0.05) is 64.6 Å². The van der Waals surface area contributed by atoms with E-state index in [0.717, 1.165) is 76.8 Å². The quantitative estimate of drug-likeness (QED) is 0.663. The largest absolute Gasteiger partial charge is 0.490 e. The topological polar surface area (TPSA) is 70.2 Å². The molecule has 7 heteroatoms. The van der Waals surface area contributed by atoms with Crippen molar-refractivity contribution in [2.45, 2.75) is 45.4 Å². The summed E-state index contributed by atoms with van der Waals surface area (Å²) in [7, 11) is 0. The van der Waals surface area contributed by atoms with E-state index >= 15 is 0 Å². The molecule has 2 saturated heterocycles. The van der Waals surface area contributed by atoms with Gasteiger partial charge in [-0.2, -0.15) is 0 Å². The Morgan fingerprint density at radius 1 is 1.03 bits per heavy atom. The van der Waals surface area contributed by atoms with Crippen LogP contribution in [0.2, 0.25) is 0 Å². The van der Waals surface area contributed by atoms with Gasteiger partial charge < -0.3 is 15.4 Å². The maximum atomic E-state index is 6.35. The molecule has 2 N–H and O–H groups in total. The Morgan fingerprint density at radius 3 is 2.44 bits per heavy atom. The molecule has 5 rings (SSSR count). The van der Waals surface area contributed by atoms with Crippen molar-refractivity contribution in [3.63, 3.8) is 0 Å². The Labute approximate surface area is 215 Å². The number of amidine groups is 1. The number of likely N-dealkylation sites (tertiary alicyclic amines) is 1. The van der Waals surface area contributed by atoms with Crippen LogP contribution in [0.15, 0.2) is 59.7 Å². The van der Waals surface area contributed by atoms with E-state index in [-0.39, 0.29) is 6.10 Å². The van der Waals surface area contributed by atoms with E-state index in [9.17, 15) is 0 Å². The fraction of sp³-hybridized carbons (Fsp3) is 0.517. The zero-order chi connectivity index (χ0) is 24.9. The Kier molecular flexibility index (Phi) is 7.87. The molecule has 0 saturated carbocycles. The zero-order valence-electron chi connectivity index (χ0n) is 21.7. The van der Waals surface area contributed by atoms with E-state index in [0.29, 0.717) is 17.8 Å². The lowest BCUT2D eigenvalue weighted by Crippen LogP contribution is -2.48. The number of piperidine rings is 1. The fourth-order valence-corrected chi connectivity index (χ4v) is 5.38. The van der Waals surface area contributed by atoms with Crippen LogP contribution in [0.25, 0.3) is 0 Å². The molecule has 0 amide bonds. The highest BCUT2D eigenvalue weighted by atomic mass is 16.5. The maximum absolute atomic E-state index is 6.35. The van der Waals surface area contributed by atoms with Gasteiger partial charge in [-0.25, -0.2) is 4.98 Å². The number of aliphatic imine (C=N–C) groups is 1. The molecule has 2 atom stereocenters. The molecule has 1 aromatic heterocycles. The molecule has 3 aliphatic heterocycles. The Hall–Kier alpha value is -2.90. The fourth-order valence-electron chi connectivity index (χ4n) is 5.38. The van der Waals surface area contributed by atoms with Gasteiger partial charge in [0.25, 0.3) is 0 Å². The molecule has 7 nitrogen and oxygen atoms in total. The van der Waals surface area contributed by atoms with Crippen molar-refractivity contribution in [3.05, 3.63) is 65.9 Å². The van der Waals surface area contributed by atoms with Crippen LogP contribution >= 0.6 is 0 Å². The van der Waals surface area contributed by atoms with Crippen molar-refractivity contribution in [2.24, 2.45) is 10.9 Å². The average molecular weight is 489 g/mol. The number of nitrogens with two attached hydrogens (primary N) is 1. The van der Waals surface area contributed by atoms with Crippen molar-refractivity contribution in [2.75, 3.05) is 51.5 Å². The molecule has 2 unspecified atom stereocenters. The van der Waals surface area contributed by atoms with E-state index in [1.165, 1.54) is 11.1 Å². The number of benzene rings is 1. The highest BCUT2D eigenvalue weighted by molar-refractivity contribution is 5.93. The molecule has 0 bridgehead atoms. The van der Waals surface area contributed by atoms with Crippen LogP contribution in [0.3, 0.4) is 0 Å². The number of rotatable bonds is 6. The number of nitrogens with zero attached hydrogens (tertiary/aromatic N) is 5. The molecule has 0 spiro atoms. The summed E-state index contributed by atoms with van der Waals surface area (Å²) in [6, 6.07) is 13.1. The third-order valence-electron chi connectivity index (χ3n) is 7.76. The standard InChI is InChI=1S/C29H40N6O/c1-22-3-8-29(32-20-22)35-17-15-33(16-18-35)21-24-4-6-26(7-5-24)36-27-10-13-34(14-11-27)23(2)25-9-12-31-28(30)19-25/h3-9,12,19,22-23,27H,10-11,13-18,20-21H2,1-2H3,(H2,30,31). The number of ether oxygens (including phenoxy) is 1. The first kappa shape index (κ1) is 24.8. The number of pyridine rings is 1. The second-order valence-electron chi connectivity index (χ2n) is 10.5. The van der Waals surface area contributed by atoms with E-state index in [1.54, 1.807) is 6.20 Å². The molecule has 0 radical (unpaired) electrons. The monoisotopic (exact) mass is 488 g/mol. The number of nitrogen functional groups attached to an aromatic ring is 1. The zero-order valence-corrected chi connectivity index (χ0v) is 21.7. The number of hydrogen-bond acceptors (Lipinski definition) is 7. The van der Waals surface area contributed by atoms with E-state index in [2.05, 4.69) is 76.0 Å². The SMILES string of the molecule is CC1C=CC(N2CCN(Cc3ccc(OC4CCN(C(C)c5ccnc(N)c5)CC4)cc3)CC2)=NC1.